The molecule has 2 N–H and O–H groups in total. The number of aromatic amines is 1. The molecule has 1 aromatic heterocycles. The number of carbonyl (C=O) groups is 1. The molecule has 1 aliphatic rings. The molecule has 0 saturated carbocycles. The third-order valence-electron chi connectivity index (χ3n) is 4.17. The van der Waals surface area contributed by atoms with Crippen molar-refractivity contribution in [3.05, 3.63) is 35.0 Å². The highest BCUT2D eigenvalue weighted by Crippen LogP contribution is 2.23. The largest absolute Gasteiger partial charge is 0.368 e. The number of fused-ring (bicyclic) bond motifs is 1. The molecule has 4 heteroatoms. The maximum atomic E-state index is 11.9. The van der Waals surface area contributed by atoms with Crippen LogP contribution >= 0.6 is 0 Å². The molecule has 0 radical (unpaired) electrons. The number of amides is 1. The Morgan fingerprint density at radius 1 is 1.43 bits per heavy atom. The van der Waals surface area contributed by atoms with Crippen LogP contribution in [0.4, 0.5) is 0 Å². The molecular formula is C17H22N2O2. The van der Waals surface area contributed by atoms with Gasteiger partial charge in [-0.2, -0.15) is 0 Å². The smallest absolute Gasteiger partial charge is 0.249 e. The Bertz CT molecular complexity index is 654. The summed E-state index contributed by atoms with van der Waals surface area (Å²) < 4.78 is 5.39. The van der Waals surface area contributed by atoms with Crippen LogP contribution in [0.5, 0.6) is 0 Å². The lowest BCUT2D eigenvalue weighted by atomic mass is 10.1. The molecule has 4 nitrogen and oxygen atoms in total. The Morgan fingerprint density at radius 2 is 2.29 bits per heavy atom. The van der Waals surface area contributed by atoms with Gasteiger partial charge in [0.25, 0.3) is 0 Å². The van der Waals surface area contributed by atoms with Crippen LogP contribution in [0.2, 0.25) is 0 Å². The Morgan fingerprint density at radius 3 is 3.05 bits per heavy atom. The summed E-state index contributed by atoms with van der Waals surface area (Å²) in [6.07, 6.45) is 2.43. The lowest BCUT2D eigenvalue weighted by molar-refractivity contribution is -0.129. The van der Waals surface area contributed by atoms with Gasteiger partial charge in [-0.1, -0.05) is 11.6 Å². The second kappa shape index (κ2) is 5.90. The first-order valence-electron chi connectivity index (χ1n) is 7.62. The second-order valence-electron chi connectivity index (χ2n) is 5.82. The number of hydrogen-bond donors (Lipinski definition) is 2. The predicted molar refractivity (Wildman–Crippen MR) is 83.5 cm³/mol. The molecule has 2 aromatic rings. The second-order valence-corrected chi connectivity index (χ2v) is 5.82. The van der Waals surface area contributed by atoms with Crippen LogP contribution in [-0.2, 0) is 16.0 Å². The number of aryl methyl sites for hydroxylation is 2. The number of carbonyl (C=O) groups excluding carboxylic acids is 1. The van der Waals surface area contributed by atoms with Crippen molar-refractivity contribution in [1.82, 2.24) is 10.3 Å². The fourth-order valence-electron chi connectivity index (χ4n) is 3.03. The van der Waals surface area contributed by atoms with Gasteiger partial charge in [0, 0.05) is 29.7 Å². The first kappa shape index (κ1) is 14.1. The van der Waals surface area contributed by atoms with Crippen molar-refractivity contribution < 1.29 is 9.53 Å². The highest BCUT2D eigenvalue weighted by Gasteiger charge is 2.23. The van der Waals surface area contributed by atoms with Crippen LogP contribution in [0.25, 0.3) is 10.9 Å². The molecule has 1 unspecified atom stereocenters. The summed E-state index contributed by atoms with van der Waals surface area (Å²) in [5, 5.41) is 4.25. The molecule has 1 aliphatic heterocycles. The molecule has 1 saturated heterocycles. The van der Waals surface area contributed by atoms with Crippen LogP contribution in [0.1, 0.15) is 29.7 Å². The number of benzene rings is 1. The van der Waals surface area contributed by atoms with Crippen LogP contribution in [-0.4, -0.2) is 30.1 Å². The molecule has 0 bridgehead atoms. The third kappa shape index (κ3) is 2.95. The van der Waals surface area contributed by atoms with Crippen molar-refractivity contribution in [2.45, 2.75) is 39.2 Å². The van der Waals surface area contributed by atoms with Gasteiger partial charge in [-0.25, -0.2) is 0 Å². The van der Waals surface area contributed by atoms with Gasteiger partial charge in [-0.3, -0.25) is 4.79 Å². The fraction of sp³-hybridized carbons (Fsp3) is 0.471. The van der Waals surface area contributed by atoms with Crippen LogP contribution in [0.3, 0.4) is 0 Å². The van der Waals surface area contributed by atoms with Crippen molar-refractivity contribution >= 4 is 16.8 Å². The van der Waals surface area contributed by atoms with E-state index in [4.69, 9.17) is 4.74 Å². The summed E-state index contributed by atoms with van der Waals surface area (Å²) >= 11 is 0. The Hall–Kier alpha value is -1.81. The van der Waals surface area contributed by atoms with Gasteiger partial charge >= 0.3 is 0 Å². The van der Waals surface area contributed by atoms with E-state index in [2.05, 4.69) is 42.3 Å². The first-order valence-corrected chi connectivity index (χ1v) is 7.62. The van der Waals surface area contributed by atoms with Crippen LogP contribution < -0.4 is 5.32 Å². The van der Waals surface area contributed by atoms with E-state index >= 15 is 0 Å². The number of H-pyrrole nitrogens is 1. The van der Waals surface area contributed by atoms with Crippen molar-refractivity contribution in [2.75, 3.05) is 13.2 Å². The minimum atomic E-state index is -0.240. The zero-order valence-corrected chi connectivity index (χ0v) is 12.7. The Kier molecular flexibility index (Phi) is 3.97. The Balaban J connectivity index is 1.66. The highest BCUT2D eigenvalue weighted by atomic mass is 16.5. The number of rotatable bonds is 4. The average molecular weight is 286 g/mol. The summed E-state index contributed by atoms with van der Waals surface area (Å²) in [5.74, 6) is 0.0289. The molecule has 2 heterocycles. The van der Waals surface area contributed by atoms with Crippen molar-refractivity contribution in [1.29, 1.82) is 0 Å². The van der Waals surface area contributed by atoms with Gasteiger partial charge in [0.05, 0.1) is 0 Å². The van der Waals surface area contributed by atoms with Gasteiger partial charge in [-0.15, -0.1) is 0 Å². The zero-order valence-electron chi connectivity index (χ0n) is 12.7. The molecule has 1 atom stereocenters. The number of aromatic nitrogens is 1. The van der Waals surface area contributed by atoms with Gasteiger partial charge < -0.3 is 15.0 Å². The number of ether oxygens (including phenoxy) is 1. The monoisotopic (exact) mass is 286 g/mol. The number of nitrogens with one attached hydrogen (secondary N) is 2. The zero-order chi connectivity index (χ0) is 14.8. The first-order chi connectivity index (χ1) is 10.1. The molecule has 21 heavy (non-hydrogen) atoms. The molecule has 1 fully saturated rings. The maximum Gasteiger partial charge on any atom is 0.249 e. The van der Waals surface area contributed by atoms with Gasteiger partial charge in [0.15, 0.2) is 0 Å². The van der Waals surface area contributed by atoms with E-state index in [1.165, 1.54) is 27.7 Å². The summed E-state index contributed by atoms with van der Waals surface area (Å²) in [4.78, 5) is 15.3. The standard InChI is InChI=1S/C17H22N2O2/c1-11-5-6-15-14(10-11)13(12(2)19-15)7-8-18-17(20)16-4-3-9-21-16/h5-6,10,16,19H,3-4,7-9H2,1-2H3,(H,18,20). The van der Waals surface area contributed by atoms with E-state index in [-0.39, 0.29) is 12.0 Å². The van der Waals surface area contributed by atoms with Gasteiger partial charge in [0.1, 0.15) is 6.10 Å². The SMILES string of the molecule is Cc1ccc2[nH]c(C)c(CCNC(=O)C3CCCO3)c2c1. The molecule has 112 valence electrons. The van der Waals surface area contributed by atoms with E-state index in [0.717, 1.165) is 19.3 Å². The molecule has 3 rings (SSSR count). The third-order valence-corrected chi connectivity index (χ3v) is 4.17. The Labute approximate surface area is 124 Å². The topological polar surface area (TPSA) is 54.1 Å². The van der Waals surface area contributed by atoms with Crippen LogP contribution in [0.15, 0.2) is 18.2 Å². The summed E-state index contributed by atoms with van der Waals surface area (Å²) in [5.41, 5.74) is 4.90. The predicted octanol–water partition coefficient (Wildman–Crippen LogP) is 2.62. The molecule has 1 aromatic carbocycles. The molecule has 1 amide bonds. The van der Waals surface area contributed by atoms with E-state index < -0.39 is 0 Å². The molecule has 0 spiro atoms. The molecular weight excluding hydrogens is 264 g/mol. The van der Waals surface area contributed by atoms with Crippen molar-refractivity contribution in [3.63, 3.8) is 0 Å². The molecule has 0 aliphatic carbocycles. The minimum Gasteiger partial charge on any atom is -0.368 e. The minimum absolute atomic E-state index is 0.0289. The van der Waals surface area contributed by atoms with E-state index in [9.17, 15) is 4.79 Å². The number of hydrogen-bond acceptors (Lipinski definition) is 2. The summed E-state index contributed by atoms with van der Waals surface area (Å²) in [7, 11) is 0. The van der Waals surface area contributed by atoms with E-state index in [1.807, 2.05) is 0 Å². The quantitative estimate of drug-likeness (QED) is 0.908. The summed E-state index contributed by atoms with van der Waals surface area (Å²) in [6, 6.07) is 6.43. The maximum absolute atomic E-state index is 11.9. The fourth-order valence-corrected chi connectivity index (χ4v) is 3.03. The van der Waals surface area contributed by atoms with E-state index in [0.29, 0.717) is 13.2 Å². The van der Waals surface area contributed by atoms with Gasteiger partial charge in [-0.05, 0) is 50.8 Å². The average Bonchev–Trinajstić information content (AvgIpc) is 3.08. The lowest BCUT2D eigenvalue weighted by Crippen LogP contribution is -2.35. The van der Waals surface area contributed by atoms with Gasteiger partial charge in [0.2, 0.25) is 5.91 Å². The summed E-state index contributed by atoms with van der Waals surface area (Å²) in [6.45, 7) is 5.55. The van der Waals surface area contributed by atoms with E-state index in [1.54, 1.807) is 0 Å². The van der Waals surface area contributed by atoms with Crippen molar-refractivity contribution in [3.8, 4) is 0 Å². The van der Waals surface area contributed by atoms with Crippen LogP contribution in [0, 0.1) is 13.8 Å². The van der Waals surface area contributed by atoms with Crippen molar-refractivity contribution in [2.24, 2.45) is 0 Å². The lowest BCUT2D eigenvalue weighted by Gasteiger charge is -2.10. The highest BCUT2D eigenvalue weighted by molar-refractivity contribution is 5.85. The normalized spacial score (nSPS) is 18.3.